The molecule has 0 saturated carbocycles. The van der Waals surface area contributed by atoms with Crippen LogP contribution in [0.2, 0.25) is 5.02 Å². The number of benzene rings is 2. The topological polar surface area (TPSA) is 71.8 Å². The van der Waals surface area contributed by atoms with Crippen LogP contribution < -0.4 is 0 Å². The smallest absolute Gasteiger partial charge is 0.339 e. The number of hydrogen-bond acceptors (Lipinski definition) is 4. The Balaban J connectivity index is 1.80. The zero-order valence-electron chi connectivity index (χ0n) is 18.3. The molecule has 7 heteroatoms. The van der Waals surface area contributed by atoms with E-state index in [1.807, 2.05) is 42.8 Å². The van der Waals surface area contributed by atoms with Crippen LogP contribution in [-0.4, -0.2) is 46.2 Å². The van der Waals surface area contributed by atoms with Gasteiger partial charge in [0.15, 0.2) is 0 Å². The first kappa shape index (κ1) is 22.1. The van der Waals surface area contributed by atoms with Crippen molar-refractivity contribution < 1.29 is 19.4 Å². The number of nitrogens with zero attached hydrogens (tertiary/aromatic N) is 2. The Morgan fingerprint density at radius 2 is 1.84 bits per heavy atom. The van der Waals surface area contributed by atoms with Gasteiger partial charge in [-0.15, -0.1) is 0 Å². The molecule has 0 fully saturated rings. The lowest BCUT2D eigenvalue weighted by atomic mass is 9.93. The Hall–Kier alpha value is -3.09. The van der Waals surface area contributed by atoms with Gasteiger partial charge in [0.1, 0.15) is 0 Å². The molecule has 1 amide bonds. The van der Waals surface area contributed by atoms with Gasteiger partial charge in [-0.25, -0.2) is 4.79 Å². The summed E-state index contributed by atoms with van der Waals surface area (Å²) in [7, 11) is 3.17. The van der Waals surface area contributed by atoms with Crippen molar-refractivity contribution in [3.05, 3.63) is 81.5 Å². The van der Waals surface area contributed by atoms with E-state index in [9.17, 15) is 14.7 Å². The van der Waals surface area contributed by atoms with Crippen LogP contribution >= 0.6 is 11.6 Å². The molecule has 1 aliphatic heterocycles. The number of esters is 1. The number of methoxy groups -OCH3 is 1. The summed E-state index contributed by atoms with van der Waals surface area (Å²) >= 11 is 6.30. The minimum atomic E-state index is -0.438. The van der Waals surface area contributed by atoms with Crippen molar-refractivity contribution in [2.75, 3.05) is 13.7 Å². The summed E-state index contributed by atoms with van der Waals surface area (Å²) in [6.45, 7) is 2.12. The number of halogens is 1. The molecule has 3 aromatic rings. The lowest BCUT2D eigenvalue weighted by molar-refractivity contribution is 0.0544. The molecule has 32 heavy (non-hydrogen) atoms. The van der Waals surface area contributed by atoms with Crippen LogP contribution in [0.3, 0.4) is 0 Å². The van der Waals surface area contributed by atoms with E-state index in [1.165, 1.54) is 7.11 Å². The van der Waals surface area contributed by atoms with Crippen molar-refractivity contribution in [2.45, 2.75) is 25.9 Å². The normalized spacial score (nSPS) is 15.4. The van der Waals surface area contributed by atoms with Gasteiger partial charge < -0.3 is 19.3 Å². The predicted octanol–water partition coefficient (Wildman–Crippen LogP) is 4.00. The quantitative estimate of drug-likeness (QED) is 0.607. The Bertz CT molecular complexity index is 1200. The van der Waals surface area contributed by atoms with Crippen LogP contribution in [0, 0.1) is 6.92 Å². The Kier molecular flexibility index (Phi) is 6.09. The van der Waals surface area contributed by atoms with Gasteiger partial charge in [0.2, 0.25) is 0 Å². The van der Waals surface area contributed by atoms with Gasteiger partial charge in [0.05, 0.1) is 25.3 Å². The lowest BCUT2D eigenvalue weighted by Gasteiger charge is -2.36. The minimum absolute atomic E-state index is 0.126. The van der Waals surface area contributed by atoms with Crippen molar-refractivity contribution in [2.24, 2.45) is 7.05 Å². The number of amides is 1. The molecular weight excluding hydrogens is 428 g/mol. The Morgan fingerprint density at radius 1 is 1.12 bits per heavy atom. The molecule has 0 radical (unpaired) electrons. The van der Waals surface area contributed by atoms with E-state index in [0.717, 1.165) is 16.8 Å². The third kappa shape index (κ3) is 3.80. The first-order valence-electron chi connectivity index (χ1n) is 10.4. The van der Waals surface area contributed by atoms with Crippen molar-refractivity contribution >= 4 is 23.5 Å². The van der Waals surface area contributed by atoms with E-state index in [1.54, 1.807) is 29.2 Å². The van der Waals surface area contributed by atoms with Gasteiger partial charge in [0.25, 0.3) is 5.91 Å². The molecule has 1 N–H and O–H groups in total. The third-order valence-electron chi connectivity index (χ3n) is 6.26. The van der Waals surface area contributed by atoms with Crippen LogP contribution in [0.1, 0.15) is 37.5 Å². The summed E-state index contributed by atoms with van der Waals surface area (Å²) < 4.78 is 6.75. The first-order valence-corrected chi connectivity index (χ1v) is 10.8. The number of aromatic nitrogens is 1. The Labute approximate surface area is 192 Å². The van der Waals surface area contributed by atoms with Gasteiger partial charge in [-0.3, -0.25) is 4.79 Å². The van der Waals surface area contributed by atoms with Crippen molar-refractivity contribution in [3.63, 3.8) is 0 Å². The van der Waals surface area contributed by atoms with Crippen LogP contribution in [0.15, 0.2) is 48.5 Å². The third-order valence-corrected chi connectivity index (χ3v) is 6.49. The summed E-state index contributed by atoms with van der Waals surface area (Å²) in [4.78, 5) is 27.7. The van der Waals surface area contributed by atoms with E-state index < -0.39 is 5.97 Å². The highest BCUT2D eigenvalue weighted by molar-refractivity contribution is 6.31. The highest BCUT2D eigenvalue weighted by atomic mass is 35.5. The average Bonchev–Trinajstić information content (AvgIpc) is 3.11. The lowest BCUT2D eigenvalue weighted by Crippen LogP contribution is -2.46. The fraction of sp³-hybridized carbons (Fsp3) is 0.280. The predicted molar refractivity (Wildman–Crippen MR) is 123 cm³/mol. The monoisotopic (exact) mass is 452 g/mol. The molecule has 0 spiro atoms. The standard InChI is InChI=1S/C25H25ClN2O4/c1-15-21(25(31)32-3)12-23(27(15)2)22-11-18(26)8-9-20(22)24(30)28-13-17-7-5-4-6-16(17)10-19(28)14-29/h4-9,11-12,19,29H,10,13-14H2,1-3H3/t19-/m0/s1. The zero-order valence-corrected chi connectivity index (χ0v) is 19.0. The number of hydrogen-bond donors (Lipinski definition) is 1. The molecule has 2 heterocycles. The van der Waals surface area contributed by atoms with E-state index in [0.29, 0.717) is 40.4 Å². The molecule has 0 bridgehead atoms. The van der Waals surface area contributed by atoms with Crippen LogP contribution in [-0.2, 0) is 24.8 Å². The number of fused-ring (bicyclic) bond motifs is 1. The summed E-state index contributed by atoms with van der Waals surface area (Å²) in [5.74, 6) is -0.629. The van der Waals surface area contributed by atoms with Gasteiger partial charge in [0, 0.05) is 41.1 Å². The molecule has 0 unspecified atom stereocenters. The minimum Gasteiger partial charge on any atom is -0.465 e. The summed E-state index contributed by atoms with van der Waals surface area (Å²) in [5, 5.41) is 10.5. The number of ether oxygens (including phenoxy) is 1. The Morgan fingerprint density at radius 3 is 2.53 bits per heavy atom. The molecule has 4 rings (SSSR count). The van der Waals surface area contributed by atoms with Gasteiger partial charge in [-0.1, -0.05) is 35.9 Å². The van der Waals surface area contributed by atoms with Crippen LogP contribution in [0.4, 0.5) is 0 Å². The fourth-order valence-corrected chi connectivity index (χ4v) is 4.50. The van der Waals surface area contributed by atoms with Crippen molar-refractivity contribution in [1.29, 1.82) is 0 Å². The van der Waals surface area contributed by atoms with Gasteiger partial charge >= 0.3 is 5.97 Å². The second kappa shape index (κ2) is 8.81. The van der Waals surface area contributed by atoms with Crippen LogP contribution in [0.25, 0.3) is 11.3 Å². The zero-order chi connectivity index (χ0) is 23.0. The molecule has 6 nitrogen and oxygen atoms in total. The fourth-order valence-electron chi connectivity index (χ4n) is 4.33. The molecular formula is C25H25ClN2O4. The van der Waals surface area contributed by atoms with E-state index in [4.69, 9.17) is 16.3 Å². The molecule has 1 aromatic heterocycles. The largest absolute Gasteiger partial charge is 0.465 e. The first-order chi connectivity index (χ1) is 15.3. The molecule has 0 saturated heterocycles. The van der Waals surface area contributed by atoms with Gasteiger partial charge in [-0.05, 0) is 48.7 Å². The maximum absolute atomic E-state index is 13.7. The number of rotatable bonds is 4. The molecule has 1 atom stereocenters. The van der Waals surface area contributed by atoms with E-state index in [2.05, 4.69) is 0 Å². The van der Waals surface area contributed by atoms with E-state index in [-0.39, 0.29) is 18.6 Å². The number of carbonyl (C=O) groups excluding carboxylic acids is 2. The SMILES string of the molecule is COC(=O)c1cc(-c2cc(Cl)ccc2C(=O)N2Cc3ccccc3C[C@H]2CO)n(C)c1C. The van der Waals surface area contributed by atoms with Crippen molar-refractivity contribution in [1.82, 2.24) is 9.47 Å². The average molecular weight is 453 g/mol. The highest BCUT2D eigenvalue weighted by Crippen LogP contribution is 2.33. The molecule has 166 valence electrons. The van der Waals surface area contributed by atoms with Crippen molar-refractivity contribution in [3.8, 4) is 11.3 Å². The maximum atomic E-state index is 13.7. The second-order valence-corrected chi connectivity index (χ2v) is 8.45. The summed E-state index contributed by atoms with van der Waals surface area (Å²) in [6, 6.07) is 14.5. The molecule has 2 aromatic carbocycles. The number of aliphatic hydroxyl groups is 1. The summed E-state index contributed by atoms with van der Waals surface area (Å²) in [6.07, 6.45) is 0.594. The summed E-state index contributed by atoms with van der Waals surface area (Å²) in [5.41, 5.74) is 5.15. The van der Waals surface area contributed by atoms with Gasteiger partial charge in [-0.2, -0.15) is 0 Å². The van der Waals surface area contributed by atoms with Crippen LogP contribution in [0.5, 0.6) is 0 Å². The molecule has 1 aliphatic rings. The number of aliphatic hydroxyl groups excluding tert-OH is 1. The number of carbonyl (C=O) groups is 2. The maximum Gasteiger partial charge on any atom is 0.339 e. The van der Waals surface area contributed by atoms with E-state index >= 15 is 0 Å². The second-order valence-electron chi connectivity index (χ2n) is 8.01. The molecule has 0 aliphatic carbocycles. The highest BCUT2D eigenvalue weighted by Gasteiger charge is 2.31.